The van der Waals surface area contributed by atoms with E-state index in [1.807, 2.05) is 0 Å². The first-order valence-electron chi connectivity index (χ1n) is 7.36. The Kier molecular flexibility index (Phi) is 3.97. The summed E-state index contributed by atoms with van der Waals surface area (Å²) in [6, 6.07) is 1.63. The highest BCUT2D eigenvalue weighted by molar-refractivity contribution is 5.40. The highest BCUT2D eigenvalue weighted by Gasteiger charge is 2.35. The van der Waals surface area contributed by atoms with Gasteiger partial charge in [-0.3, -0.25) is 4.79 Å². The molecule has 1 aliphatic heterocycles. The van der Waals surface area contributed by atoms with Crippen LogP contribution >= 0.6 is 0 Å². The van der Waals surface area contributed by atoms with Crippen molar-refractivity contribution in [1.82, 2.24) is 9.97 Å². The minimum atomic E-state index is -0.0424. The predicted octanol–water partition coefficient (Wildman–Crippen LogP) is 2.91. The molecule has 1 saturated heterocycles. The normalized spacial score (nSPS) is 18.3. The number of H-pyrrole nitrogens is 1. The van der Waals surface area contributed by atoms with Crippen LogP contribution in [0.4, 0.5) is 5.82 Å². The molecule has 2 rings (SSSR count). The molecule has 0 bridgehead atoms. The lowest BCUT2D eigenvalue weighted by Gasteiger charge is -2.26. The quantitative estimate of drug-likeness (QED) is 0.908. The lowest BCUT2D eigenvalue weighted by molar-refractivity contribution is 0.301. The Bertz CT molecular complexity index is 488. The van der Waals surface area contributed by atoms with Gasteiger partial charge < -0.3 is 9.88 Å². The van der Waals surface area contributed by atoms with Crippen LogP contribution < -0.4 is 10.5 Å². The fourth-order valence-electron chi connectivity index (χ4n) is 2.86. The van der Waals surface area contributed by atoms with Crippen molar-refractivity contribution in [3.8, 4) is 0 Å². The molecule has 0 aromatic carbocycles. The van der Waals surface area contributed by atoms with Crippen LogP contribution in [0.5, 0.6) is 0 Å². The van der Waals surface area contributed by atoms with Crippen LogP contribution in [0.1, 0.15) is 58.7 Å². The molecule has 19 heavy (non-hydrogen) atoms. The van der Waals surface area contributed by atoms with Gasteiger partial charge in [0.15, 0.2) is 0 Å². The van der Waals surface area contributed by atoms with Gasteiger partial charge in [0, 0.05) is 25.1 Å². The Labute approximate surface area is 115 Å². The van der Waals surface area contributed by atoms with Gasteiger partial charge in [0.05, 0.1) is 0 Å². The zero-order valence-electron chi connectivity index (χ0n) is 12.5. The second-order valence-electron chi connectivity index (χ2n) is 6.02. The lowest BCUT2D eigenvalue weighted by Crippen LogP contribution is -2.28. The van der Waals surface area contributed by atoms with Gasteiger partial charge >= 0.3 is 0 Å². The maximum Gasteiger partial charge on any atom is 0.252 e. The van der Waals surface area contributed by atoms with E-state index < -0.39 is 0 Å². The van der Waals surface area contributed by atoms with Gasteiger partial charge in [-0.15, -0.1) is 0 Å². The van der Waals surface area contributed by atoms with E-state index >= 15 is 0 Å². The van der Waals surface area contributed by atoms with Gasteiger partial charge in [-0.1, -0.05) is 27.7 Å². The van der Waals surface area contributed by atoms with Crippen molar-refractivity contribution >= 4 is 5.82 Å². The van der Waals surface area contributed by atoms with E-state index in [1.54, 1.807) is 6.07 Å². The Morgan fingerprint density at radius 1 is 1.42 bits per heavy atom. The minimum absolute atomic E-state index is 0.0424. The molecular weight excluding hydrogens is 238 g/mol. The Morgan fingerprint density at radius 2 is 2.11 bits per heavy atom. The summed E-state index contributed by atoms with van der Waals surface area (Å²) < 4.78 is 0. The van der Waals surface area contributed by atoms with E-state index in [-0.39, 0.29) is 11.5 Å². The van der Waals surface area contributed by atoms with E-state index in [4.69, 9.17) is 0 Å². The smallest absolute Gasteiger partial charge is 0.252 e. The molecule has 4 heteroatoms. The maximum atomic E-state index is 11.8. The van der Waals surface area contributed by atoms with E-state index in [0.29, 0.717) is 5.41 Å². The molecule has 0 radical (unpaired) electrons. The third-order valence-electron chi connectivity index (χ3n) is 4.56. The summed E-state index contributed by atoms with van der Waals surface area (Å²) in [5.74, 6) is 1.88. The van der Waals surface area contributed by atoms with Crippen LogP contribution in [0.15, 0.2) is 10.9 Å². The fourth-order valence-corrected chi connectivity index (χ4v) is 2.86. The van der Waals surface area contributed by atoms with Crippen molar-refractivity contribution in [3.05, 3.63) is 22.2 Å². The van der Waals surface area contributed by atoms with Crippen molar-refractivity contribution in [2.45, 2.75) is 52.9 Å². The van der Waals surface area contributed by atoms with Crippen LogP contribution in [0.2, 0.25) is 0 Å². The number of hydrogen-bond acceptors (Lipinski definition) is 3. The lowest BCUT2D eigenvalue weighted by atomic mass is 9.82. The van der Waals surface area contributed by atoms with Crippen LogP contribution in [-0.2, 0) is 0 Å². The van der Waals surface area contributed by atoms with Crippen LogP contribution in [0.3, 0.4) is 0 Å². The molecule has 0 unspecified atom stereocenters. The third-order valence-corrected chi connectivity index (χ3v) is 4.56. The fraction of sp³-hybridized carbons (Fsp3) is 0.733. The zero-order valence-corrected chi connectivity index (χ0v) is 12.5. The number of rotatable bonds is 4. The molecule has 2 heterocycles. The Hall–Kier alpha value is -1.32. The second kappa shape index (κ2) is 5.35. The molecule has 1 aromatic rings. The maximum absolute atomic E-state index is 11.8. The van der Waals surface area contributed by atoms with E-state index in [1.165, 1.54) is 19.3 Å². The molecule has 1 aromatic heterocycles. The second-order valence-corrected chi connectivity index (χ2v) is 6.02. The molecule has 106 valence electrons. The summed E-state index contributed by atoms with van der Waals surface area (Å²) in [5.41, 5.74) is 0.363. The molecule has 0 aliphatic carbocycles. The number of nitrogens with one attached hydrogen (secondary N) is 1. The number of nitrogens with zero attached hydrogens (tertiary/aromatic N) is 2. The zero-order chi connectivity index (χ0) is 14.0. The van der Waals surface area contributed by atoms with Crippen molar-refractivity contribution in [2.75, 3.05) is 18.0 Å². The Morgan fingerprint density at radius 3 is 2.63 bits per heavy atom. The molecule has 1 fully saturated rings. The molecule has 4 nitrogen and oxygen atoms in total. The topological polar surface area (TPSA) is 49.0 Å². The molecule has 1 aliphatic rings. The minimum Gasteiger partial charge on any atom is -0.356 e. The average molecular weight is 263 g/mol. The van der Waals surface area contributed by atoms with Crippen molar-refractivity contribution in [3.63, 3.8) is 0 Å². The van der Waals surface area contributed by atoms with Gasteiger partial charge in [0.25, 0.3) is 5.56 Å². The number of aromatic nitrogens is 2. The van der Waals surface area contributed by atoms with Gasteiger partial charge in [-0.25, -0.2) is 4.98 Å². The SMILES string of the molecule is CCC1(CC)CCN(c2cc(=O)[nH]c(C(C)C)n2)C1. The molecule has 0 amide bonds. The number of hydrogen-bond donors (Lipinski definition) is 1. The molecule has 0 spiro atoms. The van der Waals surface area contributed by atoms with Crippen LogP contribution in [0, 0.1) is 5.41 Å². The standard InChI is InChI=1S/C15H25N3O/c1-5-15(6-2)7-8-18(10-15)12-9-13(19)17-14(16-12)11(3)4/h9,11H,5-8,10H2,1-4H3,(H,16,17,19). The van der Waals surface area contributed by atoms with Crippen molar-refractivity contribution < 1.29 is 0 Å². The van der Waals surface area contributed by atoms with E-state index in [2.05, 4.69) is 42.6 Å². The molecule has 0 atom stereocenters. The third kappa shape index (κ3) is 2.82. The summed E-state index contributed by atoms with van der Waals surface area (Å²) in [4.78, 5) is 21.5. The van der Waals surface area contributed by atoms with Crippen molar-refractivity contribution in [2.24, 2.45) is 5.41 Å². The molecule has 1 N–H and O–H groups in total. The van der Waals surface area contributed by atoms with Gasteiger partial charge in [0.2, 0.25) is 0 Å². The van der Waals surface area contributed by atoms with Gasteiger partial charge in [0.1, 0.15) is 11.6 Å². The summed E-state index contributed by atoms with van der Waals surface area (Å²) in [7, 11) is 0. The Balaban J connectivity index is 2.27. The van der Waals surface area contributed by atoms with Crippen LogP contribution in [0.25, 0.3) is 0 Å². The first kappa shape index (κ1) is 14.1. The summed E-state index contributed by atoms with van der Waals surface area (Å²) in [5, 5.41) is 0. The summed E-state index contributed by atoms with van der Waals surface area (Å²) in [6.45, 7) is 10.7. The molecular formula is C15H25N3O. The predicted molar refractivity (Wildman–Crippen MR) is 78.8 cm³/mol. The first-order chi connectivity index (χ1) is 8.99. The average Bonchev–Trinajstić information content (AvgIpc) is 2.83. The van der Waals surface area contributed by atoms with Crippen LogP contribution in [-0.4, -0.2) is 23.1 Å². The monoisotopic (exact) mass is 263 g/mol. The van der Waals surface area contributed by atoms with Gasteiger partial charge in [-0.2, -0.15) is 0 Å². The molecule has 0 saturated carbocycles. The number of anilines is 1. The first-order valence-corrected chi connectivity index (χ1v) is 7.36. The van der Waals surface area contributed by atoms with E-state index in [9.17, 15) is 4.79 Å². The largest absolute Gasteiger partial charge is 0.356 e. The summed E-state index contributed by atoms with van der Waals surface area (Å²) >= 11 is 0. The van der Waals surface area contributed by atoms with Crippen molar-refractivity contribution in [1.29, 1.82) is 0 Å². The number of aromatic amines is 1. The van der Waals surface area contributed by atoms with Gasteiger partial charge in [-0.05, 0) is 24.7 Å². The highest BCUT2D eigenvalue weighted by atomic mass is 16.1. The highest BCUT2D eigenvalue weighted by Crippen LogP contribution is 2.38. The van der Waals surface area contributed by atoms with E-state index in [0.717, 1.165) is 24.7 Å². The summed E-state index contributed by atoms with van der Waals surface area (Å²) in [6.07, 6.45) is 3.59.